The van der Waals surface area contributed by atoms with Gasteiger partial charge in [0.15, 0.2) is 5.65 Å². The summed E-state index contributed by atoms with van der Waals surface area (Å²) in [5.41, 5.74) is 3.33. The molecule has 3 aromatic heterocycles. The number of fused-ring (bicyclic) bond motifs is 2. The number of nitrogens with zero attached hydrogens (tertiary/aromatic N) is 5. The quantitative estimate of drug-likeness (QED) is 0.712. The molecule has 2 aliphatic rings. The van der Waals surface area contributed by atoms with E-state index in [1.807, 2.05) is 28.7 Å². The number of rotatable bonds is 4. The molecule has 1 fully saturated rings. The number of hydrogen-bond donors (Lipinski definition) is 1. The Labute approximate surface area is 174 Å². The first-order valence-electron chi connectivity index (χ1n) is 10.2. The van der Waals surface area contributed by atoms with Crippen molar-refractivity contribution in [1.29, 1.82) is 0 Å². The molecule has 7 nitrogen and oxygen atoms in total. The van der Waals surface area contributed by atoms with Crippen LogP contribution in [0.4, 0.5) is 5.82 Å². The van der Waals surface area contributed by atoms with E-state index in [4.69, 9.17) is 4.98 Å². The van der Waals surface area contributed by atoms with E-state index in [-0.39, 0.29) is 11.8 Å². The molecule has 0 saturated carbocycles. The molecule has 0 radical (unpaired) electrons. The minimum atomic E-state index is 0.0411. The molecule has 1 amide bonds. The van der Waals surface area contributed by atoms with E-state index >= 15 is 0 Å². The number of nitrogens with one attached hydrogen (secondary N) is 1. The predicted octanol–water partition coefficient (Wildman–Crippen LogP) is 1.88. The van der Waals surface area contributed by atoms with Crippen LogP contribution in [0.1, 0.15) is 21.0 Å². The van der Waals surface area contributed by atoms with Gasteiger partial charge < -0.3 is 15.1 Å². The molecule has 5 rings (SSSR count). The number of anilines is 1. The normalized spacial score (nSPS) is 17.1. The van der Waals surface area contributed by atoms with Crippen LogP contribution in [-0.2, 0) is 24.2 Å². The summed E-state index contributed by atoms with van der Waals surface area (Å²) in [5.74, 6) is 1.39. The van der Waals surface area contributed by atoms with Crippen LogP contribution in [-0.4, -0.2) is 58.6 Å². The van der Waals surface area contributed by atoms with Crippen molar-refractivity contribution in [3.05, 3.63) is 45.4 Å². The maximum atomic E-state index is 12.9. The van der Waals surface area contributed by atoms with Gasteiger partial charge in [-0.05, 0) is 32.0 Å². The minimum absolute atomic E-state index is 0.0411. The van der Waals surface area contributed by atoms with Crippen LogP contribution in [0.25, 0.3) is 5.65 Å². The Morgan fingerprint density at radius 1 is 1.28 bits per heavy atom. The molecule has 0 spiro atoms. The lowest BCUT2D eigenvalue weighted by Gasteiger charge is -2.42. The van der Waals surface area contributed by atoms with Gasteiger partial charge in [-0.2, -0.15) is 9.61 Å². The number of carbonyl (C=O) groups excluding carboxylic acids is 1. The van der Waals surface area contributed by atoms with Gasteiger partial charge in [-0.3, -0.25) is 4.79 Å². The van der Waals surface area contributed by atoms with E-state index in [1.54, 1.807) is 11.3 Å². The van der Waals surface area contributed by atoms with Crippen molar-refractivity contribution >= 4 is 28.7 Å². The third-order valence-corrected chi connectivity index (χ3v) is 6.86. The Bertz CT molecular complexity index is 1050. The van der Waals surface area contributed by atoms with Gasteiger partial charge in [0.25, 0.3) is 0 Å². The van der Waals surface area contributed by atoms with Crippen LogP contribution < -0.4 is 10.2 Å². The van der Waals surface area contributed by atoms with Crippen molar-refractivity contribution < 1.29 is 4.79 Å². The first-order valence-corrected chi connectivity index (χ1v) is 11.0. The van der Waals surface area contributed by atoms with Gasteiger partial charge in [0.1, 0.15) is 5.82 Å². The topological polar surface area (TPSA) is 65.8 Å². The molecule has 152 valence electrons. The second kappa shape index (κ2) is 7.42. The van der Waals surface area contributed by atoms with Crippen molar-refractivity contribution in [2.24, 2.45) is 5.92 Å². The summed E-state index contributed by atoms with van der Waals surface area (Å²) in [4.78, 5) is 24.4. The Morgan fingerprint density at radius 3 is 2.90 bits per heavy atom. The number of thiophene rings is 1. The van der Waals surface area contributed by atoms with Crippen LogP contribution in [0, 0.1) is 12.8 Å². The fourth-order valence-corrected chi connectivity index (χ4v) is 5.28. The van der Waals surface area contributed by atoms with Gasteiger partial charge in [-0.25, -0.2) is 4.98 Å². The zero-order chi connectivity index (χ0) is 20.0. The molecule has 3 aromatic rings. The summed E-state index contributed by atoms with van der Waals surface area (Å²) in [6, 6.07) is 6.19. The van der Waals surface area contributed by atoms with Gasteiger partial charge in [-0.1, -0.05) is 0 Å². The molecule has 0 aromatic carbocycles. The standard InChI is InChI=1S/C21H26N6OS/c1-14-3-4-16(29-14)13-25(2)21(28)15-11-26(12-15)20-17-5-8-22-9-6-18(17)24-19-7-10-23-27(19)20/h3-4,7,10,15,22H,5-6,8-9,11-13H2,1-2H3. The molecule has 0 atom stereocenters. The number of aromatic nitrogens is 3. The lowest BCUT2D eigenvalue weighted by Crippen LogP contribution is -2.54. The van der Waals surface area contributed by atoms with E-state index in [1.165, 1.54) is 15.3 Å². The molecule has 1 saturated heterocycles. The van der Waals surface area contributed by atoms with Crippen molar-refractivity contribution in [2.75, 3.05) is 38.1 Å². The molecule has 1 N–H and O–H groups in total. The third-order valence-electron chi connectivity index (χ3n) is 5.88. The summed E-state index contributed by atoms with van der Waals surface area (Å²) in [5, 5.41) is 7.98. The summed E-state index contributed by atoms with van der Waals surface area (Å²) in [7, 11) is 1.91. The van der Waals surface area contributed by atoms with E-state index in [2.05, 4.69) is 34.4 Å². The zero-order valence-corrected chi connectivity index (χ0v) is 17.7. The Kier molecular flexibility index (Phi) is 4.75. The van der Waals surface area contributed by atoms with E-state index in [0.717, 1.165) is 56.2 Å². The minimum Gasteiger partial charge on any atom is -0.354 e. The monoisotopic (exact) mass is 410 g/mol. The largest absolute Gasteiger partial charge is 0.354 e. The second-order valence-corrected chi connectivity index (χ2v) is 9.39. The smallest absolute Gasteiger partial charge is 0.229 e. The Morgan fingerprint density at radius 2 is 2.10 bits per heavy atom. The van der Waals surface area contributed by atoms with Gasteiger partial charge in [-0.15, -0.1) is 11.3 Å². The van der Waals surface area contributed by atoms with Crippen molar-refractivity contribution in [1.82, 2.24) is 24.8 Å². The van der Waals surface area contributed by atoms with Crippen molar-refractivity contribution in [2.45, 2.75) is 26.3 Å². The van der Waals surface area contributed by atoms with E-state index in [9.17, 15) is 4.79 Å². The zero-order valence-electron chi connectivity index (χ0n) is 16.9. The molecule has 0 bridgehead atoms. The number of amides is 1. The van der Waals surface area contributed by atoms with Gasteiger partial charge >= 0.3 is 0 Å². The van der Waals surface area contributed by atoms with Gasteiger partial charge in [0.05, 0.1) is 24.4 Å². The molecule has 29 heavy (non-hydrogen) atoms. The SMILES string of the molecule is Cc1ccc(CN(C)C(=O)C2CN(c3c4c(nc5ccnn35)CCNCC4)C2)s1. The highest BCUT2D eigenvalue weighted by Crippen LogP contribution is 2.32. The fourth-order valence-electron chi connectivity index (χ4n) is 4.34. The molecule has 0 unspecified atom stereocenters. The number of carbonyl (C=O) groups is 1. The molecule has 8 heteroatoms. The summed E-state index contributed by atoms with van der Waals surface area (Å²) in [6.45, 7) is 6.18. The average Bonchev–Trinajstić information content (AvgIpc) is 3.22. The number of hydrogen-bond acceptors (Lipinski definition) is 6. The Hall–Kier alpha value is -2.45. The summed E-state index contributed by atoms with van der Waals surface area (Å²) < 4.78 is 1.95. The van der Waals surface area contributed by atoms with Crippen LogP contribution in [0.3, 0.4) is 0 Å². The van der Waals surface area contributed by atoms with E-state index in [0.29, 0.717) is 6.54 Å². The number of aryl methyl sites for hydroxylation is 1. The molecular formula is C21H26N6OS. The van der Waals surface area contributed by atoms with Crippen molar-refractivity contribution in [3.8, 4) is 0 Å². The van der Waals surface area contributed by atoms with E-state index < -0.39 is 0 Å². The van der Waals surface area contributed by atoms with Crippen molar-refractivity contribution in [3.63, 3.8) is 0 Å². The average molecular weight is 411 g/mol. The summed E-state index contributed by atoms with van der Waals surface area (Å²) in [6.07, 6.45) is 3.69. The van der Waals surface area contributed by atoms with Crippen LogP contribution >= 0.6 is 11.3 Å². The van der Waals surface area contributed by atoms with Gasteiger partial charge in [0, 0.05) is 54.5 Å². The third kappa shape index (κ3) is 3.40. The van der Waals surface area contributed by atoms with Crippen LogP contribution in [0.5, 0.6) is 0 Å². The van der Waals surface area contributed by atoms with Crippen LogP contribution in [0.15, 0.2) is 24.4 Å². The second-order valence-electron chi connectivity index (χ2n) is 8.02. The highest BCUT2D eigenvalue weighted by Gasteiger charge is 2.37. The highest BCUT2D eigenvalue weighted by molar-refractivity contribution is 7.11. The first-order chi connectivity index (χ1) is 14.1. The molecule has 5 heterocycles. The fraction of sp³-hybridized carbons (Fsp3) is 0.476. The molecule has 2 aliphatic heterocycles. The predicted molar refractivity (Wildman–Crippen MR) is 114 cm³/mol. The maximum Gasteiger partial charge on any atom is 0.229 e. The Balaban J connectivity index is 1.34. The van der Waals surface area contributed by atoms with Gasteiger partial charge in [0.2, 0.25) is 5.91 Å². The highest BCUT2D eigenvalue weighted by atomic mass is 32.1. The molecule has 0 aliphatic carbocycles. The first kappa shape index (κ1) is 18.6. The maximum absolute atomic E-state index is 12.9. The lowest BCUT2D eigenvalue weighted by molar-refractivity contribution is -0.135. The lowest BCUT2D eigenvalue weighted by atomic mass is 9.96. The molecular weight excluding hydrogens is 384 g/mol. The summed E-state index contributed by atoms with van der Waals surface area (Å²) >= 11 is 1.76. The van der Waals surface area contributed by atoms with Crippen LogP contribution in [0.2, 0.25) is 0 Å².